The second kappa shape index (κ2) is 15.6. The summed E-state index contributed by atoms with van der Waals surface area (Å²) in [6, 6.07) is 7.44. The van der Waals surface area contributed by atoms with Gasteiger partial charge in [-0.3, -0.25) is 0 Å². The van der Waals surface area contributed by atoms with E-state index in [1.165, 1.54) is 62.5 Å². The first-order valence-electron chi connectivity index (χ1n) is 22.8. The summed E-state index contributed by atoms with van der Waals surface area (Å²) in [5.41, 5.74) is 4.59. The van der Waals surface area contributed by atoms with Crippen LogP contribution in [0.5, 0.6) is 0 Å². The number of carboxylic acid groups (broad SMARTS) is 1. The normalized spacial score (nSPS) is 43.3. The van der Waals surface area contributed by atoms with Crippen molar-refractivity contribution in [1.82, 2.24) is 10.2 Å². The van der Waals surface area contributed by atoms with Gasteiger partial charge in [0.15, 0.2) is 15.9 Å². The van der Waals surface area contributed by atoms with Crippen molar-refractivity contribution < 1.29 is 42.8 Å². The Bertz CT molecular complexity index is 1990. The fourth-order valence-electron chi connectivity index (χ4n) is 15.1. The van der Waals surface area contributed by atoms with Gasteiger partial charge in [-0.15, -0.1) is 0 Å². The van der Waals surface area contributed by atoms with Crippen LogP contribution in [0.1, 0.15) is 122 Å². The van der Waals surface area contributed by atoms with E-state index in [1.54, 1.807) is 12.1 Å². The molecule has 2 saturated heterocycles. The van der Waals surface area contributed by atoms with Crippen LogP contribution in [0, 0.1) is 51.2 Å². The maximum absolute atomic E-state index is 13.1. The average molecular weight is 851 g/mol. The Morgan fingerprint density at radius 2 is 1.63 bits per heavy atom. The topological polar surface area (TPSA) is 163 Å². The van der Waals surface area contributed by atoms with E-state index in [4.69, 9.17) is 9.47 Å². The van der Waals surface area contributed by atoms with Crippen LogP contribution >= 0.6 is 0 Å². The number of rotatable bonds is 9. The maximum Gasteiger partial charge on any atom is 0.340 e. The summed E-state index contributed by atoms with van der Waals surface area (Å²) in [6.07, 6.45) is 6.99. The number of aliphatic hydroxyl groups is 2. The van der Waals surface area contributed by atoms with Gasteiger partial charge in [0.2, 0.25) is 6.29 Å². The van der Waals surface area contributed by atoms with Gasteiger partial charge >= 0.3 is 11.9 Å². The molecular weight excluding hydrogens is 781 g/mol. The van der Waals surface area contributed by atoms with Crippen LogP contribution in [0.15, 0.2) is 42.5 Å². The Balaban J connectivity index is 0.985. The molecule has 0 bridgehead atoms. The standard InChI is InChI=1S/C48H70N2O9S/c1-29(2)32-14-19-48(49-22-23-50-24-26-60(56,57)27-25-50)21-20-46(6)34(39(32)48)12-13-37-45(5)17-15-33(44(3,4)36(45)16-18-47(37,46)7)30-8-10-31(11-9-30)43(55)59-38-28-35(51)40(52)41(58-38)42(53)54/h8-11,15,32,34-41,49,51-52H,1,12-14,16-28H2,2-7H3,(H,53,54)/t32-,34+,35+,36?,37?,38-,39?,40-,41-,45-,46+,47+,48-/m0/s1. The van der Waals surface area contributed by atoms with E-state index in [1.807, 2.05) is 12.1 Å². The van der Waals surface area contributed by atoms with Gasteiger partial charge in [-0.25, -0.2) is 18.0 Å². The molecule has 4 N–H and O–H groups in total. The number of esters is 1. The van der Waals surface area contributed by atoms with Crippen molar-refractivity contribution in [3.63, 3.8) is 0 Å². The van der Waals surface area contributed by atoms with Gasteiger partial charge in [-0.1, -0.05) is 65.0 Å². The zero-order valence-electron chi connectivity index (χ0n) is 36.8. The van der Waals surface area contributed by atoms with Gasteiger partial charge in [0.1, 0.15) is 6.10 Å². The number of carbonyl (C=O) groups is 2. The first kappa shape index (κ1) is 44.0. The highest BCUT2D eigenvalue weighted by Crippen LogP contribution is 2.76. The molecule has 0 aromatic heterocycles. The minimum absolute atomic E-state index is 0.104. The Morgan fingerprint density at radius 1 is 0.933 bits per heavy atom. The highest BCUT2D eigenvalue weighted by molar-refractivity contribution is 7.91. The Hall–Kier alpha value is -2.61. The number of fused-ring (bicyclic) bond motifs is 7. The van der Waals surface area contributed by atoms with Crippen LogP contribution in [0.4, 0.5) is 0 Å². The third-order valence-electron chi connectivity index (χ3n) is 18.3. The molecule has 5 aliphatic carbocycles. The summed E-state index contributed by atoms with van der Waals surface area (Å²) in [5.74, 6) is 1.22. The first-order valence-corrected chi connectivity index (χ1v) is 24.6. The molecule has 11 nitrogen and oxygen atoms in total. The lowest BCUT2D eigenvalue weighted by atomic mass is 9.33. The van der Waals surface area contributed by atoms with Crippen LogP contribution in [-0.4, -0.2) is 108 Å². The molecule has 7 aliphatic rings. The number of carbonyl (C=O) groups excluding carboxylic acids is 1. The molecule has 8 rings (SSSR count). The zero-order valence-corrected chi connectivity index (χ0v) is 37.6. The van der Waals surface area contributed by atoms with E-state index < -0.39 is 46.4 Å². The molecule has 1 aromatic carbocycles. The summed E-state index contributed by atoms with van der Waals surface area (Å²) in [5, 5.41) is 33.7. The quantitative estimate of drug-likeness (QED) is 0.159. The Labute approximate surface area is 357 Å². The molecule has 3 unspecified atom stereocenters. The monoisotopic (exact) mass is 850 g/mol. The van der Waals surface area contributed by atoms with Crippen LogP contribution in [-0.2, 0) is 24.1 Å². The highest BCUT2D eigenvalue weighted by atomic mass is 32.2. The lowest BCUT2D eigenvalue weighted by Crippen LogP contribution is -2.68. The molecule has 2 heterocycles. The molecule has 0 amide bonds. The number of aliphatic hydroxyl groups excluding tert-OH is 2. The van der Waals surface area contributed by atoms with Gasteiger partial charge in [-0.05, 0) is 139 Å². The molecular formula is C48H70N2O9S. The molecule has 2 aliphatic heterocycles. The van der Waals surface area contributed by atoms with E-state index >= 15 is 0 Å². The fraction of sp³-hybridized carbons (Fsp3) is 0.750. The lowest BCUT2D eigenvalue weighted by molar-refractivity contribution is -0.236. The Morgan fingerprint density at radius 3 is 2.30 bits per heavy atom. The van der Waals surface area contributed by atoms with Crippen molar-refractivity contribution in [2.75, 3.05) is 37.7 Å². The lowest BCUT2D eigenvalue weighted by Gasteiger charge is -2.72. The summed E-state index contributed by atoms with van der Waals surface area (Å²) >= 11 is 0. The summed E-state index contributed by atoms with van der Waals surface area (Å²) < 4.78 is 34.9. The van der Waals surface area contributed by atoms with Crippen molar-refractivity contribution in [1.29, 1.82) is 0 Å². The number of nitrogens with one attached hydrogen (secondary N) is 1. The molecule has 12 heteroatoms. The first-order chi connectivity index (χ1) is 28.2. The molecule has 0 radical (unpaired) electrons. The SMILES string of the molecule is C=C(C)[C@@H]1CC[C@]2(NCCN3CCS(=O)(=O)CC3)CC[C@]3(C)[C@H](CCC4[C@@]5(C)CC=C(c6ccc(C(=O)O[C@H]7C[C@@H](O)[C@H](O)[C@@H](C(=O)O)O7)cc6)C(C)(C)C5CC[C@]43C)C12. The summed E-state index contributed by atoms with van der Waals surface area (Å²) in [7, 11) is -2.89. The van der Waals surface area contributed by atoms with E-state index in [-0.39, 0.29) is 45.1 Å². The Kier molecular flexibility index (Phi) is 11.4. The second-order valence-electron chi connectivity index (χ2n) is 21.4. The third-order valence-corrected chi connectivity index (χ3v) is 19.9. The molecule has 13 atom stereocenters. The average Bonchev–Trinajstić information content (AvgIpc) is 3.57. The number of ether oxygens (including phenoxy) is 2. The van der Waals surface area contributed by atoms with Gasteiger partial charge in [0.05, 0.1) is 23.2 Å². The number of benzene rings is 1. The minimum atomic E-state index is -2.89. The van der Waals surface area contributed by atoms with Crippen molar-refractivity contribution in [3.8, 4) is 0 Å². The molecule has 332 valence electrons. The summed E-state index contributed by atoms with van der Waals surface area (Å²) in [4.78, 5) is 27.0. The van der Waals surface area contributed by atoms with Crippen molar-refractivity contribution in [3.05, 3.63) is 53.6 Å². The van der Waals surface area contributed by atoms with Gasteiger partial charge in [0, 0.05) is 38.1 Å². The fourth-order valence-corrected chi connectivity index (χ4v) is 16.4. The second-order valence-corrected chi connectivity index (χ2v) is 23.7. The molecule has 6 fully saturated rings. The van der Waals surface area contributed by atoms with Crippen LogP contribution < -0.4 is 5.32 Å². The molecule has 4 saturated carbocycles. The summed E-state index contributed by atoms with van der Waals surface area (Å²) in [6.45, 7) is 22.7. The predicted octanol–water partition coefficient (Wildman–Crippen LogP) is 6.49. The van der Waals surface area contributed by atoms with Gasteiger partial charge in [0.25, 0.3) is 0 Å². The smallest absolute Gasteiger partial charge is 0.340 e. The predicted molar refractivity (Wildman–Crippen MR) is 231 cm³/mol. The van der Waals surface area contributed by atoms with E-state index in [0.29, 0.717) is 48.2 Å². The molecule has 0 spiro atoms. The van der Waals surface area contributed by atoms with Crippen LogP contribution in [0.2, 0.25) is 0 Å². The van der Waals surface area contributed by atoms with E-state index in [0.717, 1.165) is 25.1 Å². The van der Waals surface area contributed by atoms with Crippen molar-refractivity contribution in [2.45, 2.75) is 136 Å². The molecule has 60 heavy (non-hydrogen) atoms. The van der Waals surface area contributed by atoms with Crippen LogP contribution in [0.3, 0.4) is 0 Å². The maximum atomic E-state index is 13.1. The van der Waals surface area contributed by atoms with Crippen molar-refractivity contribution in [2.24, 2.45) is 51.2 Å². The largest absolute Gasteiger partial charge is 0.479 e. The zero-order chi connectivity index (χ0) is 43.2. The number of hydrogen-bond acceptors (Lipinski definition) is 10. The van der Waals surface area contributed by atoms with E-state index in [2.05, 4.69) is 64.4 Å². The van der Waals surface area contributed by atoms with Crippen LogP contribution in [0.25, 0.3) is 5.57 Å². The minimum Gasteiger partial charge on any atom is -0.479 e. The number of carboxylic acids is 1. The number of sulfone groups is 1. The number of allylic oxidation sites excluding steroid dienone is 3. The van der Waals surface area contributed by atoms with Crippen molar-refractivity contribution >= 4 is 27.3 Å². The van der Waals surface area contributed by atoms with E-state index in [9.17, 15) is 33.3 Å². The van der Waals surface area contributed by atoms with Gasteiger partial charge in [-0.2, -0.15) is 0 Å². The van der Waals surface area contributed by atoms with Gasteiger partial charge < -0.3 is 35.0 Å². The number of nitrogens with zero attached hydrogens (tertiary/aromatic N) is 1. The number of hydrogen-bond donors (Lipinski definition) is 4. The number of aliphatic carboxylic acids is 1. The third kappa shape index (κ3) is 7.15. The highest BCUT2D eigenvalue weighted by Gasteiger charge is 2.70. The molecule has 1 aromatic rings.